The van der Waals surface area contributed by atoms with Crippen LogP contribution in [0.1, 0.15) is 38.2 Å². The Morgan fingerprint density at radius 2 is 2.24 bits per heavy atom. The average Bonchev–Trinajstić information content (AvgIpc) is 2.81. The van der Waals surface area contributed by atoms with E-state index in [1.165, 1.54) is 6.42 Å². The fraction of sp³-hybridized carbons (Fsp3) is 0.529. The van der Waals surface area contributed by atoms with Crippen LogP contribution in [0.3, 0.4) is 0 Å². The molecule has 0 amide bonds. The summed E-state index contributed by atoms with van der Waals surface area (Å²) in [5.41, 5.74) is 1.62. The van der Waals surface area contributed by atoms with E-state index in [0.717, 1.165) is 35.8 Å². The molecule has 21 heavy (non-hydrogen) atoms. The molecule has 2 atom stereocenters. The molecular weight excluding hydrogens is 286 g/mol. The molecule has 2 unspecified atom stereocenters. The number of benzene rings is 1. The maximum Gasteiger partial charge on any atom is 0.199 e. The van der Waals surface area contributed by atoms with E-state index < -0.39 is 0 Å². The zero-order chi connectivity index (χ0) is 14.9. The van der Waals surface area contributed by atoms with E-state index >= 15 is 0 Å². The highest BCUT2D eigenvalue weighted by molar-refractivity contribution is 6.30. The summed E-state index contributed by atoms with van der Waals surface area (Å²) >= 11 is 6.23. The molecule has 4 heteroatoms. The Hall–Kier alpha value is -1.03. The van der Waals surface area contributed by atoms with E-state index in [1.54, 1.807) is 0 Å². The maximum atomic E-state index is 9.85. The van der Waals surface area contributed by atoms with E-state index in [1.807, 2.05) is 24.3 Å². The molecule has 1 heterocycles. The minimum Gasteiger partial charge on any atom is -0.444 e. The third-order valence-corrected chi connectivity index (χ3v) is 4.99. The largest absolute Gasteiger partial charge is 0.444 e. The van der Waals surface area contributed by atoms with Gasteiger partial charge in [-0.2, -0.15) is 0 Å². The Morgan fingerprint density at radius 1 is 1.43 bits per heavy atom. The van der Waals surface area contributed by atoms with Gasteiger partial charge in [0.2, 0.25) is 0 Å². The molecule has 2 N–H and O–H groups in total. The van der Waals surface area contributed by atoms with Crippen molar-refractivity contribution in [1.82, 2.24) is 5.32 Å². The van der Waals surface area contributed by atoms with Crippen LogP contribution in [0.15, 0.2) is 28.7 Å². The first-order chi connectivity index (χ1) is 10.1. The number of halogens is 1. The van der Waals surface area contributed by atoms with Crippen molar-refractivity contribution in [2.24, 2.45) is 5.92 Å². The van der Waals surface area contributed by atoms with Gasteiger partial charge in [0.15, 0.2) is 5.22 Å². The Balaban J connectivity index is 1.80. The zero-order valence-electron chi connectivity index (χ0n) is 12.4. The second-order valence-corrected chi connectivity index (χ2v) is 6.69. The molecule has 0 aliphatic heterocycles. The van der Waals surface area contributed by atoms with Crippen LogP contribution in [-0.4, -0.2) is 17.3 Å². The first-order valence-corrected chi connectivity index (χ1v) is 8.03. The molecule has 114 valence electrons. The average molecular weight is 308 g/mol. The van der Waals surface area contributed by atoms with Crippen molar-refractivity contribution in [2.75, 3.05) is 6.61 Å². The minimum atomic E-state index is -0.181. The second kappa shape index (κ2) is 5.99. The Morgan fingerprint density at radius 3 is 3.00 bits per heavy atom. The van der Waals surface area contributed by atoms with Gasteiger partial charge in [0, 0.05) is 23.0 Å². The molecule has 2 aromatic rings. The first-order valence-electron chi connectivity index (χ1n) is 7.65. The fourth-order valence-electron chi connectivity index (χ4n) is 3.53. The lowest BCUT2D eigenvalue weighted by Crippen LogP contribution is -2.51. The van der Waals surface area contributed by atoms with Gasteiger partial charge in [0.25, 0.3) is 0 Å². The Bertz CT molecular complexity index is 624. The Kier molecular flexibility index (Phi) is 4.25. The summed E-state index contributed by atoms with van der Waals surface area (Å²) in [6.45, 7) is 3.05. The summed E-state index contributed by atoms with van der Waals surface area (Å²) in [6, 6.07) is 7.88. The van der Waals surface area contributed by atoms with Crippen molar-refractivity contribution in [2.45, 2.75) is 44.7 Å². The summed E-state index contributed by atoms with van der Waals surface area (Å²) in [5.74, 6) is 0.648. The molecule has 1 aromatic carbocycles. The van der Waals surface area contributed by atoms with E-state index in [2.05, 4.69) is 12.2 Å². The predicted molar refractivity (Wildman–Crippen MR) is 85.5 cm³/mol. The summed E-state index contributed by atoms with van der Waals surface area (Å²) in [7, 11) is 0. The van der Waals surface area contributed by atoms with Gasteiger partial charge >= 0.3 is 0 Å². The third-order valence-electron chi connectivity index (χ3n) is 4.68. The van der Waals surface area contributed by atoms with E-state index in [-0.39, 0.29) is 12.1 Å². The van der Waals surface area contributed by atoms with Crippen molar-refractivity contribution in [3.63, 3.8) is 0 Å². The van der Waals surface area contributed by atoms with Gasteiger partial charge in [-0.15, -0.1) is 0 Å². The van der Waals surface area contributed by atoms with Crippen molar-refractivity contribution in [3.8, 4) is 0 Å². The van der Waals surface area contributed by atoms with Crippen molar-refractivity contribution < 1.29 is 9.52 Å². The summed E-state index contributed by atoms with van der Waals surface area (Å²) in [6.07, 6.45) is 4.44. The highest BCUT2D eigenvalue weighted by Crippen LogP contribution is 2.34. The maximum absolute atomic E-state index is 9.85. The van der Waals surface area contributed by atoms with Crippen LogP contribution in [-0.2, 0) is 6.54 Å². The molecule has 3 rings (SSSR count). The third kappa shape index (κ3) is 2.96. The monoisotopic (exact) mass is 307 g/mol. The Labute approximate surface area is 130 Å². The number of para-hydroxylation sites is 1. The molecule has 1 aliphatic rings. The molecule has 1 aliphatic carbocycles. The SMILES string of the molecule is CC1CCCC(CO)(NCc2c(Cl)oc3ccccc23)C1. The lowest BCUT2D eigenvalue weighted by Gasteiger charge is -2.39. The van der Waals surface area contributed by atoms with Gasteiger partial charge in [-0.3, -0.25) is 0 Å². The number of fused-ring (bicyclic) bond motifs is 1. The van der Waals surface area contributed by atoms with Crippen LogP contribution in [0.5, 0.6) is 0 Å². The number of aliphatic hydroxyl groups excluding tert-OH is 1. The number of hydrogen-bond donors (Lipinski definition) is 2. The highest BCUT2D eigenvalue weighted by Gasteiger charge is 2.34. The smallest absolute Gasteiger partial charge is 0.199 e. The van der Waals surface area contributed by atoms with E-state index in [9.17, 15) is 5.11 Å². The van der Waals surface area contributed by atoms with E-state index in [4.69, 9.17) is 16.0 Å². The lowest BCUT2D eigenvalue weighted by molar-refractivity contribution is 0.0983. The van der Waals surface area contributed by atoms with Crippen LogP contribution in [0.4, 0.5) is 0 Å². The van der Waals surface area contributed by atoms with Gasteiger partial charge in [-0.25, -0.2) is 0 Å². The highest BCUT2D eigenvalue weighted by atomic mass is 35.5. The molecule has 1 fully saturated rings. The summed E-state index contributed by atoms with van der Waals surface area (Å²) in [4.78, 5) is 0. The van der Waals surface area contributed by atoms with Crippen molar-refractivity contribution >= 4 is 22.6 Å². The molecule has 0 spiro atoms. The van der Waals surface area contributed by atoms with Gasteiger partial charge in [0.05, 0.1) is 6.61 Å². The number of aliphatic hydroxyl groups is 1. The van der Waals surface area contributed by atoms with Crippen LogP contribution in [0, 0.1) is 5.92 Å². The summed E-state index contributed by atoms with van der Waals surface area (Å²) < 4.78 is 5.59. The standard InChI is InChI=1S/C17H22ClNO2/c1-12-5-4-8-17(9-12,11-20)19-10-14-13-6-2-3-7-15(13)21-16(14)18/h2-3,6-7,12,19-20H,4-5,8-11H2,1H3. The topological polar surface area (TPSA) is 45.4 Å². The lowest BCUT2D eigenvalue weighted by atomic mass is 9.77. The molecule has 0 saturated heterocycles. The number of hydrogen-bond acceptors (Lipinski definition) is 3. The quantitative estimate of drug-likeness (QED) is 0.893. The molecule has 0 bridgehead atoms. The molecule has 3 nitrogen and oxygen atoms in total. The van der Waals surface area contributed by atoms with Gasteiger partial charge < -0.3 is 14.8 Å². The van der Waals surface area contributed by atoms with Crippen LogP contribution < -0.4 is 5.32 Å². The summed E-state index contributed by atoms with van der Waals surface area (Å²) in [5, 5.41) is 14.9. The number of rotatable bonds is 4. The zero-order valence-corrected chi connectivity index (χ0v) is 13.1. The normalized spacial score (nSPS) is 26.3. The second-order valence-electron chi connectivity index (χ2n) is 6.34. The first kappa shape index (κ1) is 14.9. The van der Waals surface area contributed by atoms with Crippen molar-refractivity contribution in [3.05, 3.63) is 35.0 Å². The van der Waals surface area contributed by atoms with Crippen LogP contribution in [0.25, 0.3) is 11.0 Å². The van der Waals surface area contributed by atoms with Gasteiger partial charge in [-0.1, -0.05) is 38.0 Å². The molecular formula is C17H22ClNO2. The number of furan rings is 1. The molecule has 1 saturated carbocycles. The van der Waals surface area contributed by atoms with E-state index in [0.29, 0.717) is 17.7 Å². The van der Waals surface area contributed by atoms with Gasteiger partial charge in [-0.05, 0) is 36.4 Å². The fourth-order valence-corrected chi connectivity index (χ4v) is 3.78. The van der Waals surface area contributed by atoms with Crippen molar-refractivity contribution in [1.29, 1.82) is 0 Å². The van der Waals surface area contributed by atoms with Crippen LogP contribution in [0.2, 0.25) is 5.22 Å². The van der Waals surface area contributed by atoms with Crippen LogP contribution >= 0.6 is 11.6 Å². The van der Waals surface area contributed by atoms with Gasteiger partial charge in [0.1, 0.15) is 5.58 Å². The molecule has 1 aromatic heterocycles. The number of nitrogens with one attached hydrogen (secondary N) is 1. The predicted octanol–water partition coefficient (Wildman–Crippen LogP) is 4.12. The minimum absolute atomic E-state index is 0.171. The molecule has 0 radical (unpaired) electrons.